The molecule has 3 aromatic carbocycles. The number of nitrogens with zero attached hydrogens (tertiary/aromatic N) is 3. The number of anilines is 1. The van der Waals surface area contributed by atoms with Crippen molar-refractivity contribution in [3.63, 3.8) is 0 Å². The maximum absolute atomic E-state index is 13.1. The lowest BCUT2D eigenvalue weighted by molar-refractivity contribution is 0.251. The minimum absolute atomic E-state index is 0.0692. The van der Waals surface area contributed by atoms with E-state index < -0.39 is 0 Å². The van der Waals surface area contributed by atoms with Gasteiger partial charge in [-0.3, -0.25) is 10.1 Å². The first-order valence-electron chi connectivity index (χ1n) is 13.1. The number of amides is 2. The average Bonchev–Trinajstić information content (AvgIpc) is 3.45. The van der Waals surface area contributed by atoms with Crippen LogP contribution >= 0.6 is 0 Å². The first-order chi connectivity index (χ1) is 19.5. The lowest BCUT2D eigenvalue weighted by Crippen LogP contribution is -2.29. The molecule has 40 heavy (non-hydrogen) atoms. The molecule has 0 spiro atoms. The number of pyridine rings is 1. The van der Waals surface area contributed by atoms with Gasteiger partial charge < -0.3 is 14.6 Å². The van der Waals surface area contributed by atoms with Crippen LogP contribution in [0.4, 0.5) is 10.6 Å². The number of rotatable bonds is 9. The van der Waals surface area contributed by atoms with Gasteiger partial charge in [0.15, 0.2) is 0 Å². The van der Waals surface area contributed by atoms with E-state index in [-0.39, 0.29) is 18.2 Å². The summed E-state index contributed by atoms with van der Waals surface area (Å²) in [4.78, 5) is 25.8. The lowest BCUT2D eigenvalue weighted by atomic mass is 10.1. The van der Waals surface area contributed by atoms with E-state index in [1.54, 1.807) is 28.4 Å². The molecule has 0 saturated carbocycles. The van der Waals surface area contributed by atoms with Gasteiger partial charge in [-0.15, -0.1) is 0 Å². The predicted molar refractivity (Wildman–Crippen MR) is 156 cm³/mol. The van der Waals surface area contributed by atoms with Crippen LogP contribution < -0.4 is 20.9 Å². The Hall–Kier alpha value is -5.11. The highest BCUT2D eigenvalue weighted by Gasteiger charge is 2.13. The highest BCUT2D eigenvalue weighted by atomic mass is 16.5. The average molecular weight is 534 g/mol. The van der Waals surface area contributed by atoms with E-state index in [4.69, 9.17) is 4.74 Å². The Balaban J connectivity index is 1.23. The summed E-state index contributed by atoms with van der Waals surface area (Å²) in [5.41, 5.74) is 5.07. The molecule has 0 radical (unpaired) electrons. The monoisotopic (exact) mass is 533 g/mol. The van der Waals surface area contributed by atoms with Gasteiger partial charge in [0, 0.05) is 18.3 Å². The maximum atomic E-state index is 13.1. The number of para-hydroxylation sites is 1. The fourth-order valence-corrected chi connectivity index (χ4v) is 4.49. The predicted octanol–water partition coefficient (Wildman–Crippen LogP) is 5.60. The zero-order valence-corrected chi connectivity index (χ0v) is 22.5. The molecule has 2 heterocycles. The van der Waals surface area contributed by atoms with Crippen molar-refractivity contribution in [2.75, 3.05) is 5.32 Å². The van der Waals surface area contributed by atoms with E-state index in [1.807, 2.05) is 97.9 Å². The fourth-order valence-electron chi connectivity index (χ4n) is 4.49. The summed E-state index contributed by atoms with van der Waals surface area (Å²) < 4.78 is 9.56. The maximum Gasteiger partial charge on any atom is 0.320 e. The third-order valence-corrected chi connectivity index (χ3v) is 6.71. The van der Waals surface area contributed by atoms with Crippen LogP contribution in [0.25, 0.3) is 5.69 Å². The van der Waals surface area contributed by atoms with Crippen molar-refractivity contribution < 1.29 is 9.53 Å². The second-order valence-electron chi connectivity index (χ2n) is 9.48. The molecule has 2 amide bonds. The molecule has 0 fully saturated rings. The number of aromatic nitrogens is 3. The first kappa shape index (κ1) is 26.5. The van der Waals surface area contributed by atoms with E-state index in [9.17, 15) is 9.59 Å². The minimum atomic E-state index is -0.345. The van der Waals surface area contributed by atoms with Crippen molar-refractivity contribution in [3.8, 4) is 11.4 Å². The molecule has 0 aliphatic rings. The van der Waals surface area contributed by atoms with Crippen molar-refractivity contribution in [1.29, 1.82) is 0 Å². The van der Waals surface area contributed by atoms with Gasteiger partial charge in [-0.05, 0) is 48.7 Å². The van der Waals surface area contributed by atoms with Crippen LogP contribution in [-0.2, 0) is 19.7 Å². The summed E-state index contributed by atoms with van der Waals surface area (Å²) >= 11 is 0. The quantitative estimate of drug-likeness (QED) is 0.258. The van der Waals surface area contributed by atoms with Crippen LogP contribution in [0.3, 0.4) is 0 Å². The largest absolute Gasteiger partial charge is 0.488 e. The third kappa shape index (κ3) is 6.13. The number of nitrogens with one attached hydrogen (secondary N) is 2. The number of hydrogen-bond donors (Lipinski definition) is 2. The molecule has 2 aromatic heterocycles. The van der Waals surface area contributed by atoms with Gasteiger partial charge in [-0.1, -0.05) is 72.8 Å². The SMILES string of the molecule is Cc1c(OCc2ccccc2CNC(=O)Nc2ccnn2-c2ccccc2)cc(C)n(Cc2ccccc2)c1=O. The number of carbonyl (C=O) groups is 1. The molecule has 8 heteroatoms. The molecule has 0 unspecified atom stereocenters. The molecule has 5 rings (SSSR count). The summed E-state index contributed by atoms with van der Waals surface area (Å²) in [6.45, 7) is 4.78. The van der Waals surface area contributed by atoms with Crippen molar-refractivity contribution >= 4 is 11.8 Å². The number of urea groups is 1. The molecule has 8 nitrogen and oxygen atoms in total. The molecule has 2 N–H and O–H groups in total. The van der Waals surface area contributed by atoms with E-state index in [2.05, 4.69) is 15.7 Å². The molecule has 0 aliphatic heterocycles. The van der Waals surface area contributed by atoms with E-state index in [0.29, 0.717) is 30.2 Å². The molecule has 5 aromatic rings. The summed E-state index contributed by atoms with van der Waals surface area (Å²) in [5.74, 6) is 1.12. The van der Waals surface area contributed by atoms with Crippen molar-refractivity contribution in [2.45, 2.75) is 33.5 Å². The number of benzene rings is 3. The second-order valence-corrected chi connectivity index (χ2v) is 9.48. The zero-order chi connectivity index (χ0) is 27.9. The summed E-state index contributed by atoms with van der Waals surface area (Å²) in [5, 5.41) is 10.1. The highest BCUT2D eigenvalue weighted by Crippen LogP contribution is 2.20. The van der Waals surface area contributed by atoms with Gasteiger partial charge in [0.2, 0.25) is 0 Å². The Morgan fingerprint density at radius 3 is 2.30 bits per heavy atom. The van der Waals surface area contributed by atoms with Gasteiger partial charge >= 0.3 is 6.03 Å². The number of carbonyl (C=O) groups excluding carboxylic acids is 1. The lowest BCUT2D eigenvalue weighted by Gasteiger charge is -2.17. The summed E-state index contributed by atoms with van der Waals surface area (Å²) in [6.07, 6.45) is 1.64. The molecular formula is C32H31N5O3. The van der Waals surface area contributed by atoms with Crippen LogP contribution in [0.1, 0.15) is 27.9 Å². The first-order valence-corrected chi connectivity index (χ1v) is 13.1. The molecule has 0 atom stereocenters. The van der Waals surface area contributed by atoms with Crippen LogP contribution in [0.2, 0.25) is 0 Å². The summed E-state index contributed by atoms with van der Waals surface area (Å²) in [7, 11) is 0. The van der Waals surface area contributed by atoms with Gasteiger partial charge in [0.05, 0.1) is 24.0 Å². The molecular weight excluding hydrogens is 502 g/mol. The van der Waals surface area contributed by atoms with Gasteiger partial charge in [0.1, 0.15) is 18.2 Å². The zero-order valence-electron chi connectivity index (χ0n) is 22.5. The number of hydrogen-bond acceptors (Lipinski definition) is 4. The van der Waals surface area contributed by atoms with Crippen molar-refractivity contribution in [3.05, 3.63) is 142 Å². The number of ether oxygens (including phenoxy) is 1. The Labute approximate surface area is 232 Å². The Morgan fingerprint density at radius 1 is 0.875 bits per heavy atom. The van der Waals surface area contributed by atoms with Gasteiger partial charge in [0.25, 0.3) is 5.56 Å². The van der Waals surface area contributed by atoms with E-state index >= 15 is 0 Å². The Morgan fingerprint density at radius 2 is 1.55 bits per heavy atom. The normalized spacial score (nSPS) is 10.8. The Kier molecular flexibility index (Phi) is 8.06. The third-order valence-electron chi connectivity index (χ3n) is 6.71. The second kappa shape index (κ2) is 12.2. The van der Waals surface area contributed by atoms with E-state index in [1.165, 1.54) is 0 Å². The van der Waals surface area contributed by atoms with Crippen molar-refractivity contribution in [2.24, 2.45) is 0 Å². The molecule has 202 valence electrons. The van der Waals surface area contributed by atoms with Crippen LogP contribution in [0.15, 0.2) is 108 Å². The van der Waals surface area contributed by atoms with Crippen molar-refractivity contribution in [1.82, 2.24) is 19.7 Å². The fraction of sp³-hybridized carbons (Fsp3) is 0.156. The van der Waals surface area contributed by atoms with Gasteiger partial charge in [-0.2, -0.15) is 5.10 Å². The standard InChI is InChI=1S/C32H31N5O3/c1-23-19-29(24(2)31(38)36(23)21-25-11-5-3-6-12-25)40-22-27-14-10-9-13-26(27)20-33-32(39)35-30-17-18-34-37(30)28-15-7-4-8-16-28/h3-19H,20-22H2,1-2H3,(H2,33,35,39). The van der Waals surface area contributed by atoms with E-state index in [0.717, 1.165) is 28.1 Å². The molecule has 0 aliphatic carbocycles. The topological polar surface area (TPSA) is 90.2 Å². The Bertz CT molecular complexity index is 1660. The molecule has 0 saturated heterocycles. The van der Waals surface area contributed by atoms with Crippen LogP contribution in [0, 0.1) is 13.8 Å². The smallest absolute Gasteiger partial charge is 0.320 e. The van der Waals surface area contributed by atoms with Gasteiger partial charge in [-0.25, -0.2) is 9.48 Å². The molecule has 0 bridgehead atoms. The number of aryl methyl sites for hydroxylation is 1. The highest BCUT2D eigenvalue weighted by molar-refractivity contribution is 5.88. The van der Waals surface area contributed by atoms with Crippen LogP contribution in [-0.4, -0.2) is 20.4 Å². The summed E-state index contributed by atoms with van der Waals surface area (Å²) in [6, 6.07) is 30.6. The van der Waals surface area contributed by atoms with Crippen LogP contribution in [0.5, 0.6) is 5.75 Å². The minimum Gasteiger partial charge on any atom is -0.488 e.